The summed E-state index contributed by atoms with van der Waals surface area (Å²) >= 11 is 0. The number of hydrazone groups is 1. The average molecular weight is 404 g/mol. The number of nitrogens with one attached hydrogen (secondary N) is 2. The first-order valence-electron chi connectivity index (χ1n) is 10.1. The molecule has 5 aromatic rings. The first-order valence-corrected chi connectivity index (χ1v) is 10.1. The highest BCUT2D eigenvalue weighted by atomic mass is 16.2. The highest BCUT2D eigenvalue weighted by Crippen LogP contribution is 2.23. The van der Waals surface area contributed by atoms with E-state index in [1.54, 1.807) is 6.07 Å². The molecule has 1 heterocycles. The zero-order chi connectivity index (χ0) is 21.2. The van der Waals surface area contributed by atoms with Crippen molar-refractivity contribution in [2.75, 3.05) is 0 Å². The van der Waals surface area contributed by atoms with E-state index in [4.69, 9.17) is 0 Å². The third-order valence-corrected chi connectivity index (χ3v) is 5.36. The van der Waals surface area contributed by atoms with Crippen LogP contribution < -0.4 is 5.43 Å². The van der Waals surface area contributed by atoms with Crippen LogP contribution in [-0.4, -0.2) is 21.8 Å². The van der Waals surface area contributed by atoms with Gasteiger partial charge in [-0.1, -0.05) is 72.8 Å². The predicted molar refractivity (Wildman–Crippen MR) is 125 cm³/mol. The molecule has 150 valence electrons. The number of aromatic nitrogens is 2. The fourth-order valence-corrected chi connectivity index (χ4v) is 3.61. The Hall–Kier alpha value is -4.25. The number of amides is 1. The number of hydrogen-bond acceptors (Lipinski definition) is 3. The molecule has 5 rings (SSSR count). The average Bonchev–Trinajstić information content (AvgIpc) is 3.32. The molecule has 0 radical (unpaired) electrons. The Labute approximate surface area is 179 Å². The summed E-state index contributed by atoms with van der Waals surface area (Å²) in [5, 5.41) is 16.0. The number of fused-ring (bicyclic) bond motifs is 2. The van der Waals surface area contributed by atoms with Crippen LogP contribution >= 0.6 is 0 Å². The molecule has 0 unspecified atom stereocenters. The molecule has 0 aliphatic heterocycles. The Balaban J connectivity index is 1.33. The Morgan fingerprint density at radius 3 is 2.19 bits per heavy atom. The summed E-state index contributed by atoms with van der Waals surface area (Å²) in [5.74, 6) is -0.334. The number of hydrogen-bond donors (Lipinski definition) is 2. The molecule has 1 amide bonds. The van der Waals surface area contributed by atoms with Gasteiger partial charge in [0.15, 0.2) is 0 Å². The summed E-state index contributed by atoms with van der Waals surface area (Å²) in [6, 6.07) is 30.3. The number of benzene rings is 4. The molecule has 0 aliphatic rings. The van der Waals surface area contributed by atoms with Crippen LogP contribution in [0.2, 0.25) is 0 Å². The Morgan fingerprint density at radius 2 is 1.45 bits per heavy atom. The van der Waals surface area contributed by atoms with Gasteiger partial charge in [0.2, 0.25) is 0 Å². The van der Waals surface area contributed by atoms with E-state index in [-0.39, 0.29) is 5.91 Å². The van der Waals surface area contributed by atoms with Crippen molar-refractivity contribution in [1.29, 1.82) is 0 Å². The first-order chi connectivity index (χ1) is 15.2. The van der Waals surface area contributed by atoms with Crippen molar-refractivity contribution >= 4 is 33.2 Å². The minimum atomic E-state index is -0.334. The Bertz CT molecular complexity index is 1450. The van der Waals surface area contributed by atoms with Crippen molar-refractivity contribution < 1.29 is 4.79 Å². The minimum absolute atomic E-state index is 0.334. The van der Waals surface area contributed by atoms with E-state index in [9.17, 15) is 4.79 Å². The van der Waals surface area contributed by atoms with Crippen molar-refractivity contribution in [3.63, 3.8) is 0 Å². The summed E-state index contributed by atoms with van der Waals surface area (Å²) in [6.45, 7) is 1.87. The lowest BCUT2D eigenvalue weighted by Gasteiger charge is -2.04. The second-order valence-corrected chi connectivity index (χ2v) is 7.43. The fourth-order valence-electron chi connectivity index (χ4n) is 3.61. The van der Waals surface area contributed by atoms with Gasteiger partial charge in [0.25, 0.3) is 5.91 Å². The third kappa shape index (κ3) is 3.81. The number of rotatable bonds is 4. The van der Waals surface area contributed by atoms with Gasteiger partial charge in [0, 0.05) is 5.56 Å². The molecule has 0 aliphatic carbocycles. The lowest BCUT2D eigenvalue weighted by molar-refractivity contribution is 0.0950. The molecule has 0 spiro atoms. The van der Waals surface area contributed by atoms with Gasteiger partial charge in [-0.3, -0.25) is 9.89 Å². The van der Waals surface area contributed by atoms with Gasteiger partial charge in [-0.15, -0.1) is 0 Å². The van der Waals surface area contributed by atoms with Crippen LogP contribution in [0.5, 0.6) is 0 Å². The van der Waals surface area contributed by atoms with Gasteiger partial charge < -0.3 is 0 Å². The zero-order valence-corrected chi connectivity index (χ0v) is 17.0. The maximum atomic E-state index is 12.6. The van der Waals surface area contributed by atoms with Crippen LogP contribution in [0.1, 0.15) is 23.0 Å². The smallest absolute Gasteiger partial charge is 0.272 e. The second kappa shape index (κ2) is 7.88. The molecule has 0 saturated carbocycles. The van der Waals surface area contributed by atoms with Gasteiger partial charge in [-0.05, 0) is 52.2 Å². The first kappa shape index (κ1) is 18.8. The number of H-pyrrole nitrogens is 1. The number of nitrogens with zero attached hydrogens (tertiary/aromatic N) is 2. The van der Waals surface area contributed by atoms with Crippen molar-refractivity contribution in [3.05, 3.63) is 102 Å². The topological polar surface area (TPSA) is 70.1 Å². The monoisotopic (exact) mass is 404 g/mol. The van der Waals surface area contributed by atoms with E-state index in [1.807, 2.05) is 43.3 Å². The Morgan fingerprint density at radius 1 is 0.806 bits per heavy atom. The van der Waals surface area contributed by atoms with Crippen molar-refractivity contribution in [1.82, 2.24) is 15.6 Å². The molecule has 5 nitrogen and oxygen atoms in total. The van der Waals surface area contributed by atoms with Crippen molar-refractivity contribution in [2.45, 2.75) is 6.92 Å². The molecule has 31 heavy (non-hydrogen) atoms. The standard InChI is InChI=1S/C26H20N4O/c1-17(20-12-10-18-6-2-4-8-21(18)14-20)27-30-26(31)25-16-24(28-29-25)23-13-11-19-7-3-5-9-22(19)15-23/h2-16H,1H3,(H,28,29)(H,30,31)/b27-17-. The van der Waals surface area contributed by atoms with E-state index < -0.39 is 0 Å². The van der Waals surface area contributed by atoms with Gasteiger partial charge in [-0.25, -0.2) is 5.43 Å². The number of aromatic amines is 1. The summed E-state index contributed by atoms with van der Waals surface area (Å²) < 4.78 is 0. The number of carbonyl (C=O) groups is 1. The van der Waals surface area contributed by atoms with Gasteiger partial charge in [0.1, 0.15) is 5.69 Å². The van der Waals surface area contributed by atoms with E-state index in [1.165, 1.54) is 10.8 Å². The van der Waals surface area contributed by atoms with Gasteiger partial charge in [-0.2, -0.15) is 10.2 Å². The summed E-state index contributed by atoms with van der Waals surface area (Å²) in [4.78, 5) is 12.6. The van der Waals surface area contributed by atoms with Crippen LogP contribution in [0.3, 0.4) is 0 Å². The normalized spacial score (nSPS) is 11.7. The highest BCUT2D eigenvalue weighted by molar-refractivity contribution is 6.03. The predicted octanol–water partition coefficient (Wildman–Crippen LogP) is 5.54. The number of carbonyl (C=O) groups excluding carboxylic acids is 1. The van der Waals surface area contributed by atoms with Crippen LogP contribution in [0, 0.1) is 0 Å². The quantitative estimate of drug-likeness (QED) is 0.305. The molecule has 4 aromatic carbocycles. The van der Waals surface area contributed by atoms with Gasteiger partial charge in [0.05, 0.1) is 11.4 Å². The molecule has 0 bridgehead atoms. The molecule has 0 fully saturated rings. The van der Waals surface area contributed by atoms with E-state index >= 15 is 0 Å². The molecule has 2 N–H and O–H groups in total. The second-order valence-electron chi connectivity index (χ2n) is 7.43. The Kier molecular flexibility index (Phi) is 4.77. The lowest BCUT2D eigenvalue weighted by atomic mass is 10.0. The maximum Gasteiger partial charge on any atom is 0.289 e. The van der Waals surface area contributed by atoms with Gasteiger partial charge >= 0.3 is 0 Å². The fraction of sp³-hybridized carbons (Fsp3) is 0.0385. The zero-order valence-electron chi connectivity index (χ0n) is 17.0. The lowest BCUT2D eigenvalue weighted by Crippen LogP contribution is -2.19. The third-order valence-electron chi connectivity index (χ3n) is 5.36. The maximum absolute atomic E-state index is 12.6. The largest absolute Gasteiger partial charge is 0.289 e. The van der Waals surface area contributed by atoms with Crippen LogP contribution in [0.15, 0.2) is 96.1 Å². The molecule has 0 saturated heterocycles. The molecule has 1 aromatic heterocycles. The SMILES string of the molecule is C/C(=N/NC(=O)c1cc(-c2ccc3ccccc3c2)n[nH]1)c1ccc2ccccc2c1. The molecule has 0 atom stereocenters. The molecular formula is C26H20N4O. The van der Waals surface area contributed by atoms with Crippen LogP contribution in [0.25, 0.3) is 32.8 Å². The van der Waals surface area contributed by atoms with E-state index in [2.05, 4.69) is 69.3 Å². The summed E-state index contributed by atoms with van der Waals surface area (Å²) in [7, 11) is 0. The molecular weight excluding hydrogens is 384 g/mol. The van der Waals surface area contributed by atoms with Crippen LogP contribution in [0.4, 0.5) is 0 Å². The van der Waals surface area contributed by atoms with Crippen molar-refractivity contribution in [2.24, 2.45) is 5.10 Å². The summed E-state index contributed by atoms with van der Waals surface area (Å²) in [5.41, 5.74) is 6.33. The van der Waals surface area contributed by atoms with E-state index in [0.29, 0.717) is 11.4 Å². The molecule has 5 heteroatoms. The highest BCUT2D eigenvalue weighted by Gasteiger charge is 2.11. The van der Waals surface area contributed by atoms with Crippen LogP contribution in [-0.2, 0) is 0 Å². The van der Waals surface area contributed by atoms with E-state index in [0.717, 1.165) is 27.6 Å². The van der Waals surface area contributed by atoms with Crippen molar-refractivity contribution in [3.8, 4) is 11.3 Å². The summed E-state index contributed by atoms with van der Waals surface area (Å²) in [6.07, 6.45) is 0. The minimum Gasteiger partial charge on any atom is -0.272 e.